The number of likely N-dealkylation sites (N-methyl/N-ethyl adjacent to an activating group) is 1. The molecule has 17 heavy (non-hydrogen) atoms. The number of hydrogen-bond donors (Lipinski definition) is 2. The van der Waals surface area contributed by atoms with Crippen LogP contribution in [0.15, 0.2) is 0 Å². The maximum atomic E-state index is 11.6. The number of hydrogen-bond acceptors (Lipinski definition) is 4. The van der Waals surface area contributed by atoms with Crippen LogP contribution in [-0.4, -0.2) is 55.5 Å². The lowest BCUT2D eigenvalue weighted by atomic mass is 9.90. The maximum absolute atomic E-state index is 11.6. The second kappa shape index (κ2) is 7.50. The van der Waals surface area contributed by atoms with E-state index in [4.69, 9.17) is 9.84 Å². The Hall–Kier alpha value is -0.810. The van der Waals surface area contributed by atoms with Gasteiger partial charge in [-0.3, -0.25) is 0 Å². The Morgan fingerprint density at radius 1 is 1.53 bits per heavy atom. The zero-order valence-corrected chi connectivity index (χ0v) is 10.8. The van der Waals surface area contributed by atoms with Crippen molar-refractivity contribution in [3.8, 4) is 0 Å². The van der Waals surface area contributed by atoms with Crippen LogP contribution >= 0.6 is 0 Å². The molecule has 0 aromatic carbocycles. The average Bonchev–Trinajstić information content (AvgIpc) is 2.35. The molecule has 1 aliphatic heterocycles. The van der Waals surface area contributed by atoms with E-state index in [9.17, 15) is 4.79 Å². The number of piperidine rings is 1. The molecule has 1 fully saturated rings. The van der Waals surface area contributed by atoms with Gasteiger partial charge in [0.05, 0.1) is 7.11 Å². The molecule has 5 heteroatoms. The van der Waals surface area contributed by atoms with Gasteiger partial charge in [-0.15, -0.1) is 0 Å². The van der Waals surface area contributed by atoms with Crippen molar-refractivity contribution in [2.75, 3.05) is 33.4 Å². The fraction of sp³-hybridized carbons (Fsp3) is 0.917. The van der Waals surface area contributed by atoms with Crippen molar-refractivity contribution in [1.29, 1.82) is 0 Å². The predicted octanol–water partition coefficient (Wildman–Crippen LogP) is 0.825. The molecule has 0 aliphatic carbocycles. The zero-order valence-electron chi connectivity index (χ0n) is 10.8. The van der Waals surface area contributed by atoms with E-state index in [0.717, 1.165) is 38.9 Å². The molecule has 1 aliphatic rings. The van der Waals surface area contributed by atoms with E-state index in [2.05, 4.69) is 12.2 Å². The molecule has 2 atom stereocenters. The van der Waals surface area contributed by atoms with E-state index in [-0.39, 0.29) is 12.7 Å². The molecule has 0 aromatic heterocycles. The summed E-state index contributed by atoms with van der Waals surface area (Å²) in [6, 6.07) is 0.344. The summed E-state index contributed by atoms with van der Waals surface area (Å²) in [6.07, 6.45) is 2.59. The molecule has 0 radical (unpaired) electrons. The molecule has 2 N–H and O–H groups in total. The van der Waals surface area contributed by atoms with Gasteiger partial charge in [0.25, 0.3) is 0 Å². The Morgan fingerprint density at radius 2 is 2.29 bits per heavy atom. The number of methoxy groups -OCH3 is 1. The van der Waals surface area contributed by atoms with E-state index in [1.807, 2.05) is 0 Å². The molecule has 100 valence electrons. The highest BCUT2D eigenvalue weighted by Crippen LogP contribution is 2.21. The minimum absolute atomic E-state index is 0.223. The Balaban J connectivity index is 2.52. The van der Waals surface area contributed by atoms with E-state index < -0.39 is 0 Å². The summed E-state index contributed by atoms with van der Waals surface area (Å²) >= 11 is 0. The Kier molecular flexibility index (Phi) is 6.29. The zero-order chi connectivity index (χ0) is 12.7. The average molecular weight is 244 g/mol. The van der Waals surface area contributed by atoms with Crippen LogP contribution < -0.4 is 5.32 Å². The van der Waals surface area contributed by atoms with Crippen molar-refractivity contribution in [3.63, 3.8) is 0 Å². The summed E-state index contributed by atoms with van der Waals surface area (Å²) < 4.78 is 4.78. The normalized spacial score (nSPS) is 24.8. The van der Waals surface area contributed by atoms with E-state index in [0.29, 0.717) is 12.0 Å². The van der Waals surface area contributed by atoms with E-state index >= 15 is 0 Å². The lowest BCUT2D eigenvalue weighted by Gasteiger charge is -2.37. The molecule has 1 amide bonds. The van der Waals surface area contributed by atoms with Crippen LogP contribution in [0.25, 0.3) is 0 Å². The third-order valence-corrected chi connectivity index (χ3v) is 3.23. The lowest BCUT2D eigenvalue weighted by Crippen LogP contribution is -2.51. The fourth-order valence-corrected chi connectivity index (χ4v) is 2.51. The summed E-state index contributed by atoms with van der Waals surface area (Å²) in [7, 11) is 1.42. The number of aliphatic hydroxyl groups is 1. The quantitative estimate of drug-likeness (QED) is 0.752. The summed E-state index contributed by atoms with van der Waals surface area (Å²) in [6.45, 7) is 4.66. The smallest absolute Gasteiger partial charge is 0.409 e. The first-order valence-electron chi connectivity index (χ1n) is 6.38. The molecule has 1 heterocycles. The van der Waals surface area contributed by atoms with Crippen LogP contribution in [0.5, 0.6) is 0 Å². The van der Waals surface area contributed by atoms with Crippen molar-refractivity contribution in [1.82, 2.24) is 10.2 Å². The molecule has 5 nitrogen and oxygen atoms in total. The number of ether oxygens (including phenoxy) is 1. The first-order valence-corrected chi connectivity index (χ1v) is 6.38. The number of nitrogens with one attached hydrogen (secondary N) is 1. The molecule has 0 spiro atoms. The van der Waals surface area contributed by atoms with Crippen LogP contribution in [0.4, 0.5) is 4.79 Å². The standard InChI is InChI=1S/C12H24N2O3/c1-3-13-11-7-10(5-4-6-15)8-14(9-11)12(16)17-2/h10-11,13,15H,3-9H2,1-2H3. The first-order chi connectivity index (χ1) is 8.21. The van der Waals surface area contributed by atoms with Gasteiger partial charge in [-0.2, -0.15) is 0 Å². The van der Waals surface area contributed by atoms with Gasteiger partial charge in [-0.1, -0.05) is 6.92 Å². The maximum Gasteiger partial charge on any atom is 0.409 e. The van der Waals surface area contributed by atoms with Gasteiger partial charge < -0.3 is 20.1 Å². The van der Waals surface area contributed by atoms with Crippen LogP contribution in [-0.2, 0) is 4.74 Å². The number of aliphatic hydroxyl groups excluding tert-OH is 1. The van der Waals surface area contributed by atoms with Crippen LogP contribution in [0.2, 0.25) is 0 Å². The molecule has 0 aromatic rings. The van der Waals surface area contributed by atoms with Gasteiger partial charge in [0.1, 0.15) is 0 Å². The molecule has 0 bridgehead atoms. The third-order valence-electron chi connectivity index (χ3n) is 3.23. The minimum atomic E-state index is -0.249. The number of amides is 1. The van der Waals surface area contributed by atoms with Crippen molar-refractivity contribution < 1.29 is 14.6 Å². The highest BCUT2D eigenvalue weighted by Gasteiger charge is 2.29. The highest BCUT2D eigenvalue weighted by molar-refractivity contribution is 5.67. The number of carbonyl (C=O) groups is 1. The Bertz CT molecular complexity index is 236. The molecule has 2 unspecified atom stereocenters. The topological polar surface area (TPSA) is 61.8 Å². The van der Waals surface area contributed by atoms with Crippen molar-refractivity contribution in [2.24, 2.45) is 5.92 Å². The molecule has 1 saturated heterocycles. The van der Waals surface area contributed by atoms with Gasteiger partial charge in [-0.05, 0) is 31.7 Å². The van der Waals surface area contributed by atoms with Crippen molar-refractivity contribution in [2.45, 2.75) is 32.2 Å². The number of rotatable bonds is 5. The molecule has 0 saturated carbocycles. The first kappa shape index (κ1) is 14.3. The van der Waals surface area contributed by atoms with Crippen molar-refractivity contribution in [3.05, 3.63) is 0 Å². The number of likely N-dealkylation sites (tertiary alicyclic amines) is 1. The third kappa shape index (κ3) is 4.52. The van der Waals surface area contributed by atoms with Crippen LogP contribution in [0.3, 0.4) is 0 Å². The number of nitrogens with zero attached hydrogens (tertiary/aromatic N) is 1. The molecular weight excluding hydrogens is 220 g/mol. The van der Waals surface area contributed by atoms with Gasteiger partial charge >= 0.3 is 6.09 Å². The van der Waals surface area contributed by atoms with Gasteiger partial charge in [0.2, 0.25) is 0 Å². The largest absolute Gasteiger partial charge is 0.453 e. The lowest BCUT2D eigenvalue weighted by molar-refractivity contribution is 0.0878. The second-order valence-electron chi connectivity index (χ2n) is 4.60. The van der Waals surface area contributed by atoms with E-state index in [1.54, 1.807) is 4.90 Å². The summed E-state index contributed by atoms with van der Waals surface area (Å²) in [5, 5.41) is 12.3. The summed E-state index contributed by atoms with van der Waals surface area (Å²) in [4.78, 5) is 13.3. The van der Waals surface area contributed by atoms with Crippen LogP contribution in [0.1, 0.15) is 26.2 Å². The van der Waals surface area contributed by atoms with Gasteiger partial charge in [0, 0.05) is 25.7 Å². The summed E-state index contributed by atoms with van der Waals surface area (Å²) in [5.41, 5.74) is 0. The highest BCUT2D eigenvalue weighted by atomic mass is 16.5. The van der Waals surface area contributed by atoms with E-state index in [1.165, 1.54) is 7.11 Å². The molecular formula is C12H24N2O3. The van der Waals surface area contributed by atoms with Gasteiger partial charge in [0.15, 0.2) is 0 Å². The molecule has 1 rings (SSSR count). The Morgan fingerprint density at radius 3 is 2.88 bits per heavy atom. The second-order valence-corrected chi connectivity index (χ2v) is 4.60. The van der Waals surface area contributed by atoms with Gasteiger partial charge in [-0.25, -0.2) is 4.79 Å². The van der Waals surface area contributed by atoms with Crippen LogP contribution in [0, 0.1) is 5.92 Å². The number of carbonyl (C=O) groups excluding carboxylic acids is 1. The minimum Gasteiger partial charge on any atom is -0.453 e. The SMILES string of the molecule is CCNC1CC(CCCO)CN(C(=O)OC)C1. The summed E-state index contributed by atoms with van der Waals surface area (Å²) in [5.74, 6) is 0.457. The predicted molar refractivity (Wildman–Crippen MR) is 65.9 cm³/mol. The monoisotopic (exact) mass is 244 g/mol. The Labute approximate surface area is 103 Å². The van der Waals surface area contributed by atoms with Crippen molar-refractivity contribution >= 4 is 6.09 Å². The fourth-order valence-electron chi connectivity index (χ4n) is 2.51.